The molecule has 0 fully saturated rings. The van der Waals surface area contributed by atoms with Crippen LogP contribution in [0.15, 0.2) is 116 Å². The van der Waals surface area contributed by atoms with E-state index < -0.39 is 0 Å². The first kappa shape index (κ1) is 25.0. The van der Waals surface area contributed by atoms with Gasteiger partial charge in [0.2, 0.25) is 0 Å². The zero-order valence-electron chi connectivity index (χ0n) is 15.9. The Balaban J connectivity index is 0.000000266. The van der Waals surface area contributed by atoms with Gasteiger partial charge in [0.15, 0.2) is 0 Å². The molecule has 0 saturated heterocycles. The van der Waals surface area contributed by atoms with Crippen molar-refractivity contribution in [2.24, 2.45) is 0 Å². The number of rotatable bonds is 3. The Hall–Kier alpha value is -2.03. The molecule has 0 aliphatic rings. The maximum atomic E-state index is 2.20. The molecule has 0 aliphatic carbocycles. The predicted octanol–water partition coefficient (Wildman–Crippen LogP) is 0.351. The van der Waals surface area contributed by atoms with Crippen molar-refractivity contribution in [2.75, 3.05) is 0 Å². The fourth-order valence-electron chi connectivity index (χ4n) is 3.15. The summed E-state index contributed by atoms with van der Waals surface area (Å²) in [6.07, 6.45) is 5.18. The number of aromatic nitrogens is 1. The summed E-state index contributed by atoms with van der Waals surface area (Å²) in [5.74, 6) is 0. The Bertz CT molecular complexity index is 1020. The summed E-state index contributed by atoms with van der Waals surface area (Å²) >= 11 is 0. The third-order valence-electron chi connectivity index (χ3n) is 4.49. The van der Waals surface area contributed by atoms with E-state index in [1.54, 1.807) is 0 Å². The second-order valence-electron chi connectivity index (χ2n) is 6.39. The Labute approximate surface area is 199 Å². The summed E-state index contributed by atoms with van der Waals surface area (Å²) in [7, 11) is 0. The van der Waals surface area contributed by atoms with Gasteiger partial charge in [-0.1, -0.05) is 42.0 Å². The largest absolute Gasteiger partial charge is 4.00 e. The first-order chi connectivity index (χ1) is 12.9. The fraction of sp³-hybridized carbons (Fsp3) is 0.0400. The number of hydrogen-bond donors (Lipinski definition) is 0. The topological polar surface area (TPSA) is 4.93 Å². The number of nitrogens with zero attached hydrogens (tertiary/aromatic N) is 1. The molecule has 4 aromatic carbocycles. The standard InChI is InChI=1S/C13H10N.C12H11.2ClH.Ti/c1-2-6-12-10-13(9-11(12)5-1)14-7-3-4-8-14;1-2-6-11(7-3-1)10-12-8-4-5-9-12;;;/h1-10H;1-9H,10H2;2*1H;/q2*-1;;;+4/p-2. The molecule has 5 aromatic rings. The summed E-state index contributed by atoms with van der Waals surface area (Å²) in [6, 6.07) is 35.9. The minimum atomic E-state index is 0. The molecule has 0 unspecified atom stereocenters. The maximum absolute atomic E-state index is 2.20. The third kappa shape index (κ3) is 6.77. The molecule has 0 spiro atoms. The van der Waals surface area contributed by atoms with Gasteiger partial charge >= 0.3 is 21.7 Å². The van der Waals surface area contributed by atoms with Gasteiger partial charge in [-0.2, -0.15) is 17.7 Å². The van der Waals surface area contributed by atoms with Crippen molar-refractivity contribution in [3.05, 3.63) is 127 Å². The van der Waals surface area contributed by atoms with Crippen molar-refractivity contribution in [1.29, 1.82) is 0 Å². The van der Waals surface area contributed by atoms with Gasteiger partial charge in [-0.25, -0.2) is 12.1 Å². The Morgan fingerprint density at radius 3 is 2.00 bits per heavy atom. The van der Waals surface area contributed by atoms with Crippen LogP contribution in [0, 0.1) is 0 Å². The van der Waals surface area contributed by atoms with Gasteiger partial charge in [0, 0.05) is 12.4 Å². The van der Waals surface area contributed by atoms with Crippen LogP contribution in [0.5, 0.6) is 0 Å². The smallest absolute Gasteiger partial charge is 1.00 e. The molecule has 0 amide bonds. The van der Waals surface area contributed by atoms with Gasteiger partial charge in [0.25, 0.3) is 0 Å². The minimum Gasteiger partial charge on any atom is -1.00 e. The van der Waals surface area contributed by atoms with E-state index >= 15 is 0 Å². The first-order valence-electron chi connectivity index (χ1n) is 8.92. The summed E-state index contributed by atoms with van der Waals surface area (Å²) in [4.78, 5) is 0. The molecule has 1 nitrogen and oxygen atoms in total. The molecule has 0 aliphatic heterocycles. The van der Waals surface area contributed by atoms with Gasteiger partial charge in [-0.3, -0.25) is 0 Å². The van der Waals surface area contributed by atoms with Gasteiger partial charge in [0.05, 0.1) is 0 Å². The van der Waals surface area contributed by atoms with Crippen LogP contribution < -0.4 is 24.8 Å². The van der Waals surface area contributed by atoms with Gasteiger partial charge in [-0.05, 0) is 24.2 Å². The number of hydrogen-bond acceptors (Lipinski definition) is 0. The molecule has 0 bridgehead atoms. The van der Waals surface area contributed by atoms with Gasteiger partial charge < -0.3 is 29.4 Å². The summed E-state index contributed by atoms with van der Waals surface area (Å²) in [5, 5.41) is 2.60. The minimum absolute atomic E-state index is 0. The third-order valence-corrected chi connectivity index (χ3v) is 4.49. The summed E-state index contributed by atoms with van der Waals surface area (Å²) < 4.78 is 2.12. The first-order valence-corrected chi connectivity index (χ1v) is 8.92. The average molecular weight is 454 g/mol. The normalized spacial score (nSPS) is 9.38. The molecule has 5 rings (SSSR count). The van der Waals surface area contributed by atoms with Crippen LogP contribution in [0.4, 0.5) is 0 Å². The molecule has 1 heterocycles. The van der Waals surface area contributed by atoms with Crippen LogP contribution in [0.3, 0.4) is 0 Å². The molecular weight excluding hydrogens is 433 g/mol. The van der Waals surface area contributed by atoms with Crippen molar-refractivity contribution >= 4 is 10.8 Å². The van der Waals surface area contributed by atoms with E-state index in [1.807, 2.05) is 12.1 Å². The van der Waals surface area contributed by atoms with Crippen molar-refractivity contribution in [3.63, 3.8) is 0 Å². The van der Waals surface area contributed by atoms with Gasteiger partial charge in [0.1, 0.15) is 0 Å². The Morgan fingerprint density at radius 2 is 1.34 bits per heavy atom. The quantitative estimate of drug-likeness (QED) is 0.274. The van der Waals surface area contributed by atoms with E-state index in [0.29, 0.717) is 0 Å². The Morgan fingerprint density at radius 1 is 0.724 bits per heavy atom. The van der Waals surface area contributed by atoms with Crippen molar-refractivity contribution < 1.29 is 46.5 Å². The van der Waals surface area contributed by atoms with Crippen LogP contribution in [0.1, 0.15) is 11.1 Å². The zero-order chi connectivity index (χ0) is 17.6. The van der Waals surface area contributed by atoms with E-state index in [9.17, 15) is 0 Å². The second-order valence-corrected chi connectivity index (χ2v) is 6.39. The fourth-order valence-corrected chi connectivity index (χ4v) is 3.15. The Kier molecular flexibility index (Phi) is 10.8. The molecular formula is C25H21Cl2NTi. The number of benzene rings is 2. The van der Waals surface area contributed by atoms with E-state index in [1.165, 1.54) is 27.6 Å². The molecule has 0 radical (unpaired) electrons. The van der Waals surface area contributed by atoms with Crippen molar-refractivity contribution in [2.45, 2.75) is 6.42 Å². The second kappa shape index (κ2) is 12.5. The van der Waals surface area contributed by atoms with Crippen molar-refractivity contribution in [3.8, 4) is 5.69 Å². The SMILES string of the molecule is [Cl-].[Cl-].[Ti+4].c1ccc(C[c-]2cccc2)cc1.c1ccc2[cH-]c(-n3cccc3)cc2c1. The van der Waals surface area contributed by atoms with Crippen LogP contribution in [0.25, 0.3) is 16.5 Å². The van der Waals surface area contributed by atoms with E-state index in [4.69, 9.17) is 0 Å². The van der Waals surface area contributed by atoms with Crippen LogP contribution in [-0.4, -0.2) is 4.57 Å². The molecule has 1 aromatic heterocycles. The molecule has 0 saturated carbocycles. The number of fused-ring (bicyclic) bond motifs is 1. The van der Waals surface area contributed by atoms with E-state index in [-0.39, 0.29) is 46.5 Å². The van der Waals surface area contributed by atoms with Crippen LogP contribution in [-0.2, 0) is 28.1 Å². The molecule has 144 valence electrons. The van der Waals surface area contributed by atoms with Crippen molar-refractivity contribution in [1.82, 2.24) is 4.57 Å². The van der Waals surface area contributed by atoms with E-state index in [0.717, 1.165) is 6.42 Å². The monoisotopic (exact) mass is 453 g/mol. The molecule has 29 heavy (non-hydrogen) atoms. The van der Waals surface area contributed by atoms with Crippen LogP contribution >= 0.6 is 0 Å². The summed E-state index contributed by atoms with van der Waals surface area (Å²) in [5.41, 5.74) is 4.00. The van der Waals surface area contributed by atoms with E-state index in [2.05, 4.69) is 108 Å². The zero-order valence-corrected chi connectivity index (χ0v) is 19.0. The average Bonchev–Trinajstić information content (AvgIpc) is 3.44. The summed E-state index contributed by atoms with van der Waals surface area (Å²) in [6.45, 7) is 0. The van der Waals surface area contributed by atoms with Gasteiger partial charge in [-0.15, -0.1) is 41.1 Å². The predicted molar refractivity (Wildman–Crippen MR) is 110 cm³/mol. The maximum Gasteiger partial charge on any atom is 4.00 e. The van der Waals surface area contributed by atoms with Crippen LogP contribution in [0.2, 0.25) is 0 Å². The number of halogens is 2. The molecule has 0 atom stereocenters. The molecule has 4 heteroatoms. The molecule has 0 N–H and O–H groups in total.